The van der Waals surface area contributed by atoms with Gasteiger partial charge in [-0.3, -0.25) is 4.79 Å². The van der Waals surface area contributed by atoms with Gasteiger partial charge >= 0.3 is 12.0 Å². The number of rotatable bonds is 3. The third kappa shape index (κ3) is 3.34. The van der Waals surface area contributed by atoms with Gasteiger partial charge in [-0.15, -0.1) is 0 Å². The van der Waals surface area contributed by atoms with E-state index < -0.39 is 11.9 Å². The summed E-state index contributed by atoms with van der Waals surface area (Å²) in [6, 6.07) is 2.55. The summed E-state index contributed by atoms with van der Waals surface area (Å²) in [6.07, 6.45) is 0. The van der Waals surface area contributed by atoms with Gasteiger partial charge in [0.2, 0.25) is 0 Å². The highest BCUT2D eigenvalue weighted by Gasteiger charge is 2.37. The molecule has 0 radical (unpaired) electrons. The third-order valence-electron chi connectivity index (χ3n) is 3.80. The number of aliphatic carboxylic acids is 1. The first-order valence-corrected chi connectivity index (χ1v) is 7.33. The number of halogens is 2. The summed E-state index contributed by atoms with van der Waals surface area (Å²) in [4.78, 5) is 24.4. The number of carbonyl (C=O) groups is 2. The fourth-order valence-corrected chi connectivity index (χ4v) is 2.51. The van der Waals surface area contributed by atoms with Crippen molar-refractivity contribution >= 4 is 33.6 Å². The molecular formula is C14H16BrFN2O3. The Hall–Kier alpha value is -1.63. The predicted octanol–water partition coefficient (Wildman–Crippen LogP) is 3.08. The van der Waals surface area contributed by atoms with Gasteiger partial charge in [-0.1, -0.05) is 6.92 Å². The Morgan fingerprint density at radius 1 is 1.48 bits per heavy atom. The molecule has 2 N–H and O–H groups in total. The Kier molecular flexibility index (Phi) is 4.51. The zero-order valence-electron chi connectivity index (χ0n) is 11.7. The Morgan fingerprint density at radius 3 is 2.67 bits per heavy atom. The molecular weight excluding hydrogens is 343 g/mol. The highest BCUT2D eigenvalue weighted by molar-refractivity contribution is 9.10. The second-order valence-corrected chi connectivity index (χ2v) is 6.16. The number of urea groups is 1. The average Bonchev–Trinajstić information content (AvgIpc) is 2.33. The van der Waals surface area contributed by atoms with Crippen LogP contribution < -0.4 is 5.32 Å². The summed E-state index contributed by atoms with van der Waals surface area (Å²) in [5.74, 6) is -1.71. The van der Waals surface area contributed by atoms with Crippen molar-refractivity contribution in [3.05, 3.63) is 28.0 Å². The van der Waals surface area contributed by atoms with Crippen molar-refractivity contribution < 1.29 is 19.1 Å². The summed E-state index contributed by atoms with van der Waals surface area (Å²) >= 11 is 3.08. The number of benzene rings is 1. The molecule has 2 amide bonds. The van der Waals surface area contributed by atoms with Crippen LogP contribution in [0.25, 0.3) is 0 Å². The standard InChI is InChI=1S/C14H16BrFN2O3/c1-7-3-11(16)10(15)4-12(7)17-14(21)18-5-9(6-18)8(2)13(19)20/h3-4,8-9H,5-6H2,1-2H3,(H,17,21)(H,19,20). The lowest BCUT2D eigenvalue weighted by Gasteiger charge is -2.41. The van der Waals surface area contributed by atoms with Crippen molar-refractivity contribution in [1.82, 2.24) is 4.90 Å². The van der Waals surface area contributed by atoms with Crippen LogP contribution in [0, 0.1) is 24.6 Å². The van der Waals surface area contributed by atoms with Gasteiger partial charge in [-0.25, -0.2) is 9.18 Å². The minimum Gasteiger partial charge on any atom is -0.481 e. The van der Waals surface area contributed by atoms with Gasteiger partial charge in [0.05, 0.1) is 10.4 Å². The maximum absolute atomic E-state index is 13.3. The first-order valence-electron chi connectivity index (χ1n) is 6.54. The van der Waals surface area contributed by atoms with Crippen molar-refractivity contribution in [3.8, 4) is 0 Å². The Morgan fingerprint density at radius 2 is 2.10 bits per heavy atom. The monoisotopic (exact) mass is 358 g/mol. The summed E-state index contributed by atoms with van der Waals surface area (Å²) in [6.45, 7) is 4.18. The number of carboxylic acid groups (broad SMARTS) is 1. The Balaban J connectivity index is 1.95. The molecule has 1 aromatic rings. The van der Waals surface area contributed by atoms with E-state index in [1.54, 1.807) is 18.7 Å². The van der Waals surface area contributed by atoms with E-state index in [0.29, 0.717) is 24.3 Å². The number of hydrogen-bond acceptors (Lipinski definition) is 2. The van der Waals surface area contributed by atoms with E-state index >= 15 is 0 Å². The van der Waals surface area contributed by atoms with Crippen LogP contribution in [0.15, 0.2) is 16.6 Å². The first-order chi connectivity index (χ1) is 9.79. The Bertz CT molecular complexity index is 588. The molecule has 2 rings (SSSR count). The molecule has 1 heterocycles. The SMILES string of the molecule is Cc1cc(F)c(Br)cc1NC(=O)N1CC(C(C)C(=O)O)C1. The van der Waals surface area contributed by atoms with Gasteiger partial charge in [-0.2, -0.15) is 0 Å². The number of anilines is 1. The Labute approximate surface area is 130 Å². The van der Waals surface area contributed by atoms with Gasteiger partial charge in [0.15, 0.2) is 0 Å². The molecule has 7 heteroatoms. The summed E-state index contributed by atoms with van der Waals surface area (Å²) in [5.41, 5.74) is 1.16. The second kappa shape index (κ2) is 6.01. The first kappa shape index (κ1) is 15.8. The number of aryl methyl sites for hydroxylation is 1. The maximum atomic E-state index is 13.3. The van der Waals surface area contributed by atoms with E-state index in [-0.39, 0.29) is 22.2 Å². The van der Waals surface area contributed by atoms with Crippen molar-refractivity contribution in [2.75, 3.05) is 18.4 Å². The smallest absolute Gasteiger partial charge is 0.321 e. The number of amides is 2. The summed E-state index contributed by atoms with van der Waals surface area (Å²) in [5, 5.41) is 11.6. The number of nitrogens with zero attached hydrogens (tertiary/aromatic N) is 1. The number of hydrogen-bond donors (Lipinski definition) is 2. The molecule has 1 aliphatic heterocycles. The van der Waals surface area contributed by atoms with Crippen LogP contribution in [-0.2, 0) is 4.79 Å². The second-order valence-electron chi connectivity index (χ2n) is 5.30. The largest absolute Gasteiger partial charge is 0.481 e. The summed E-state index contributed by atoms with van der Waals surface area (Å²) in [7, 11) is 0. The van der Waals surface area contributed by atoms with E-state index in [1.807, 2.05) is 0 Å². The van der Waals surface area contributed by atoms with Gasteiger partial charge in [0.25, 0.3) is 0 Å². The lowest BCUT2D eigenvalue weighted by molar-refractivity contribution is -0.144. The van der Waals surface area contributed by atoms with E-state index in [4.69, 9.17) is 5.11 Å². The van der Waals surface area contributed by atoms with Gasteiger partial charge in [0.1, 0.15) is 5.82 Å². The van der Waals surface area contributed by atoms with Crippen molar-refractivity contribution in [2.45, 2.75) is 13.8 Å². The molecule has 0 bridgehead atoms. The van der Waals surface area contributed by atoms with Gasteiger partial charge in [0, 0.05) is 24.7 Å². The topological polar surface area (TPSA) is 69.6 Å². The molecule has 0 aromatic heterocycles. The minimum atomic E-state index is -0.849. The molecule has 0 saturated carbocycles. The van der Waals surface area contributed by atoms with Crippen LogP contribution in [-0.4, -0.2) is 35.1 Å². The quantitative estimate of drug-likeness (QED) is 0.872. The van der Waals surface area contributed by atoms with Gasteiger partial charge < -0.3 is 15.3 Å². The number of carbonyl (C=O) groups excluding carboxylic acids is 1. The van der Waals surface area contributed by atoms with Crippen LogP contribution in [0.5, 0.6) is 0 Å². The molecule has 21 heavy (non-hydrogen) atoms. The van der Waals surface area contributed by atoms with E-state index in [0.717, 1.165) is 0 Å². The van der Waals surface area contributed by atoms with Crippen LogP contribution in [0.1, 0.15) is 12.5 Å². The van der Waals surface area contributed by atoms with Gasteiger partial charge in [-0.05, 0) is 40.5 Å². The van der Waals surface area contributed by atoms with Crippen LogP contribution in [0.3, 0.4) is 0 Å². The zero-order valence-corrected chi connectivity index (χ0v) is 13.3. The van der Waals surface area contributed by atoms with Crippen LogP contribution >= 0.6 is 15.9 Å². The highest BCUT2D eigenvalue weighted by Crippen LogP contribution is 2.27. The fourth-order valence-electron chi connectivity index (χ4n) is 2.17. The lowest BCUT2D eigenvalue weighted by atomic mass is 9.87. The third-order valence-corrected chi connectivity index (χ3v) is 4.41. The molecule has 1 atom stereocenters. The zero-order chi connectivity index (χ0) is 15.7. The van der Waals surface area contributed by atoms with E-state index in [1.165, 1.54) is 12.1 Å². The fraction of sp³-hybridized carbons (Fsp3) is 0.429. The number of likely N-dealkylation sites (tertiary alicyclic amines) is 1. The molecule has 1 aromatic carbocycles. The van der Waals surface area contributed by atoms with E-state index in [2.05, 4.69) is 21.2 Å². The molecule has 1 aliphatic rings. The molecule has 1 fully saturated rings. The summed E-state index contributed by atoms with van der Waals surface area (Å²) < 4.78 is 13.6. The van der Waals surface area contributed by atoms with Crippen molar-refractivity contribution in [1.29, 1.82) is 0 Å². The van der Waals surface area contributed by atoms with Crippen molar-refractivity contribution in [3.63, 3.8) is 0 Å². The van der Waals surface area contributed by atoms with Crippen molar-refractivity contribution in [2.24, 2.45) is 11.8 Å². The molecule has 114 valence electrons. The predicted molar refractivity (Wildman–Crippen MR) is 79.7 cm³/mol. The minimum absolute atomic E-state index is 0.0192. The lowest BCUT2D eigenvalue weighted by Crippen LogP contribution is -2.54. The molecule has 1 unspecified atom stereocenters. The van der Waals surface area contributed by atoms with E-state index in [9.17, 15) is 14.0 Å². The molecule has 1 saturated heterocycles. The molecule has 0 spiro atoms. The highest BCUT2D eigenvalue weighted by atomic mass is 79.9. The maximum Gasteiger partial charge on any atom is 0.321 e. The van der Waals surface area contributed by atoms with Crippen LogP contribution in [0.2, 0.25) is 0 Å². The average molecular weight is 359 g/mol. The number of nitrogens with one attached hydrogen (secondary N) is 1. The van der Waals surface area contributed by atoms with Crippen LogP contribution in [0.4, 0.5) is 14.9 Å². The molecule has 0 aliphatic carbocycles. The molecule has 5 nitrogen and oxygen atoms in total. The number of carboxylic acids is 1. The normalized spacial score (nSPS) is 16.3.